The van der Waals surface area contributed by atoms with E-state index in [2.05, 4.69) is 5.32 Å². The zero-order chi connectivity index (χ0) is 21.8. The summed E-state index contributed by atoms with van der Waals surface area (Å²) < 4.78 is 41.3. The van der Waals surface area contributed by atoms with E-state index in [4.69, 9.17) is 25.8 Å². The van der Waals surface area contributed by atoms with Gasteiger partial charge in [0.15, 0.2) is 11.5 Å². The quantitative estimate of drug-likeness (QED) is 0.673. The fourth-order valence-electron chi connectivity index (χ4n) is 2.78. The molecule has 0 aliphatic carbocycles. The van der Waals surface area contributed by atoms with Crippen molar-refractivity contribution >= 4 is 38.9 Å². The summed E-state index contributed by atoms with van der Waals surface area (Å²) in [6, 6.07) is 7.66. The van der Waals surface area contributed by atoms with Crippen molar-refractivity contribution in [1.82, 2.24) is 0 Å². The van der Waals surface area contributed by atoms with Crippen LogP contribution in [0.1, 0.15) is 17.3 Å². The fraction of sp³-hybridized carbons (Fsp3) is 0.316. The second-order valence-electron chi connectivity index (χ2n) is 5.96. The molecule has 0 aromatic heterocycles. The molecule has 2 aromatic carbocycles. The lowest BCUT2D eigenvalue weighted by molar-refractivity contribution is 0.102. The Morgan fingerprint density at radius 1 is 1.03 bits per heavy atom. The van der Waals surface area contributed by atoms with Gasteiger partial charge < -0.3 is 19.5 Å². The Balaban J connectivity index is 2.56. The second-order valence-corrected chi connectivity index (χ2v) is 8.27. The molecule has 158 valence electrons. The number of nitrogens with zero attached hydrogens (tertiary/aromatic N) is 1. The molecule has 0 bridgehead atoms. The maximum atomic E-state index is 13.0. The monoisotopic (exact) mass is 442 g/mol. The van der Waals surface area contributed by atoms with E-state index in [0.29, 0.717) is 28.0 Å². The molecule has 10 heteroatoms. The highest BCUT2D eigenvalue weighted by molar-refractivity contribution is 7.92. The molecule has 0 saturated heterocycles. The minimum absolute atomic E-state index is 0.0989. The van der Waals surface area contributed by atoms with Gasteiger partial charge in [-0.05, 0) is 31.2 Å². The second kappa shape index (κ2) is 9.23. The fourth-order valence-corrected chi connectivity index (χ4v) is 4.02. The van der Waals surface area contributed by atoms with Crippen molar-refractivity contribution in [2.75, 3.05) is 43.8 Å². The minimum Gasteiger partial charge on any atom is -0.495 e. The van der Waals surface area contributed by atoms with Crippen LogP contribution in [0.3, 0.4) is 0 Å². The van der Waals surface area contributed by atoms with Crippen LogP contribution in [0.5, 0.6) is 17.2 Å². The predicted octanol–water partition coefficient (Wildman–Crippen LogP) is 3.40. The summed E-state index contributed by atoms with van der Waals surface area (Å²) in [5, 5.41) is 3.04. The molecule has 1 N–H and O–H groups in total. The smallest absolute Gasteiger partial charge is 0.257 e. The SMILES string of the molecule is CCN(c1cc(OC)c(OC)cc1C(=O)Nc1ccc(OC)c(Cl)c1)S(C)(=O)=O. The zero-order valence-corrected chi connectivity index (χ0v) is 18.3. The van der Waals surface area contributed by atoms with Crippen LogP contribution in [0.2, 0.25) is 5.02 Å². The first-order valence-corrected chi connectivity index (χ1v) is 10.8. The third-order valence-corrected chi connectivity index (χ3v) is 5.66. The molecular weight excluding hydrogens is 420 g/mol. The first-order chi connectivity index (χ1) is 13.7. The summed E-state index contributed by atoms with van der Waals surface area (Å²) in [7, 11) is 0.703. The lowest BCUT2D eigenvalue weighted by Gasteiger charge is -2.24. The summed E-state index contributed by atoms with van der Waals surface area (Å²) in [5.74, 6) is 0.516. The molecule has 0 fully saturated rings. The molecule has 0 radical (unpaired) electrons. The number of nitrogens with one attached hydrogen (secondary N) is 1. The molecule has 0 unspecified atom stereocenters. The molecule has 0 saturated carbocycles. The summed E-state index contributed by atoms with van der Waals surface area (Å²) in [6.07, 6.45) is 1.07. The van der Waals surface area contributed by atoms with Gasteiger partial charge in [0, 0.05) is 18.3 Å². The van der Waals surface area contributed by atoms with Gasteiger partial charge in [0.25, 0.3) is 5.91 Å². The van der Waals surface area contributed by atoms with Gasteiger partial charge in [0.05, 0.1) is 43.9 Å². The maximum absolute atomic E-state index is 13.0. The summed E-state index contributed by atoms with van der Waals surface area (Å²) in [4.78, 5) is 13.0. The van der Waals surface area contributed by atoms with Crippen LogP contribution in [-0.4, -0.2) is 48.5 Å². The van der Waals surface area contributed by atoms with E-state index in [-0.39, 0.29) is 17.8 Å². The first-order valence-electron chi connectivity index (χ1n) is 8.54. The lowest BCUT2D eigenvalue weighted by Crippen LogP contribution is -2.31. The molecule has 2 rings (SSSR count). The number of ether oxygens (including phenoxy) is 3. The molecule has 0 aliphatic rings. The largest absolute Gasteiger partial charge is 0.495 e. The van der Waals surface area contributed by atoms with Crippen molar-refractivity contribution in [3.63, 3.8) is 0 Å². The van der Waals surface area contributed by atoms with Crippen LogP contribution in [0, 0.1) is 0 Å². The number of sulfonamides is 1. The number of benzene rings is 2. The van der Waals surface area contributed by atoms with Gasteiger partial charge in [-0.25, -0.2) is 8.42 Å². The highest BCUT2D eigenvalue weighted by atomic mass is 35.5. The predicted molar refractivity (Wildman–Crippen MR) is 113 cm³/mol. The molecule has 0 aliphatic heterocycles. The van der Waals surface area contributed by atoms with E-state index < -0.39 is 15.9 Å². The Morgan fingerprint density at radius 2 is 1.62 bits per heavy atom. The number of rotatable bonds is 8. The van der Waals surface area contributed by atoms with Crippen LogP contribution in [0.4, 0.5) is 11.4 Å². The third kappa shape index (κ3) is 5.04. The zero-order valence-electron chi connectivity index (χ0n) is 16.8. The molecule has 29 heavy (non-hydrogen) atoms. The number of carbonyl (C=O) groups is 1. The Labute approximate surface area is 175 Å². The van der Waals surface area contributed by atoms with Crippen LogP contribution >= 0.6 is 11.6 Å². The van der Waals surface area contributed by atoms with Gasteiger partial charge in [-0.15, -0.1) is 0 Å². The molecule has 0 spiro atoms. The van der Waals surface area contributed by atoms with Crippen molar-refractivity contribution in [2.45, 2.75) is 6.92 Å². The van der Waals surface area contributed by atoms with Gasteiger partial charge in [-0.3, -0.25) is 9.10 Å². The maximum Gasteiger partial charge on any atom is 0.257 e. The first kappa shape index (κ1) is 22.6. The van der Waals surface area contributed by atoms with E-state index in [9.17, 15) is 13.2 Å². The number of hydrogen-bond acceptors (Lipinski definition) is 6. The Morgan fingerprint density at radius 3 is 2.10 bits per heavy atom. The van der Waals surface area contributed by atoms with Crippen LogP contribution in [0.25, 0.3) is 0 Å². The van der Waals surface area contributed by atoms with E-state index in [1.54, 1.807) is 19.1 Å². The average molecular weight is 443 g/mol. The molecule has 8 nitrogen and oxygen atoms in total. The Bertz CT molecular complexity index is 1010. The van der Waals surface area contributed by atoms with E-state index in [1.807, 2.05) is 0 Å². The van der Waals surface area contributed by atoms with Gasteiger partial charge in [0.2, 0.25) is 10.0 Å². The summed E-state index contributed by atoms with van der Waals surface area (Å²) in [6.45, 7) is 1.80. The highest BCUT2D eigenvalue weighted by Gasteiger charge is 2.25. The van der Waals surface area contributed by atoms with E-state index in [0.717, 1.165) is 10.6 Å². The number of halogens is 1. The number of carbonyl (C=O) groups excluding carboxylic acids is 1. The lowest BCUT2D eigenvalue weighted by atomic mass is 10.1. The number of amides is 1. The van der Waals surface area contributed by atoms with Crippen LogP contribution in [-0.2, 0) is 10.0 Å². The minimum atomic E-state index is -3.64. The summed E-state index contributed by atoms with van der Waals surface area (Å²) in [5.41, 5.74) is 0.690. The standard InChI is InChI=1S/C19H23ClN2O6S/c1-6-22(29(5,24)25)15-11-18(28-4)17(27-3)10-13(15)19(23)21-12-7-8-16(26-2)14(20)9-12/h7-11H,6H2,1-5H3,(H,21,23). The number of methoxy groups -OCH3 is 3. The van der Waals surface area contributed by atoms with Crippen molar-refractivity contribution < 1.29 is 27.4 Å². The van der Waals surface area contributed by atoms with E-state index >= 15 is 0 Å². The van der Waals surface area contributed by atoms with Crippen molar-refractivity contribution in [2.24, 2.45) is 0 Å². The Hall–Kier alpha value is -2.65. The highest BCUT2D eigenvalue weighted by Crippen LogP contribution is 2.37. The number of anilines is 2. The van der Waals surface area contributed by atoms with E-state index in [1.165, 1.54) is 39.5 Å². The van der Waals surface area contributed by atoms with Gasteiger partial charge in [-0.2, -0.15) is 0 Å². The topological polar surface area (TPSA) is 94.2 Å². The van der Waals surface area contributed by atoms with Crippen LogP contribution < -0.4 is 23.8 Å². The van der Waals surface area contributed by atoms with Crippen LogP contribution in [0.15, 0.2) is 30.3 Å². The van der Waals surface area contributed by atoms with Gasteiger partial charge in [-0.1, -0.05) is 11.6 Å². The molecule has 0 heterocycles. The summed E-state index contributed by atoms with van der Waals surface area (Å²) >= 11 is 6.11. The normalized spacial score (nSPS) is 11.0. The van der Waals surface area contributed by atoms with Gasteiger partial charge in [0.1, 0.15) is 5.75 Å². The van der Waals surface area contributed by atoms with Gasteiger partial charge >= 0.3 is 0 Å². The number of hydrogen-bond donors (Lipinski definition) is 1. The van der Waals surface area contributed by atoms with Crippen molar-refractivity contribution in [1.29, 1.82) is 0 Å². The third-order valence-electron chi connectivity index (χ3n) is 4.11. The molecule has 2 aromatic rings. The van der Waals surface area contributed by atoms with Crippen molar-refractivity contribution in [3.8, 4) is 17.2 Å². The molecule has 1 amide bonds. The Kier molecular flexibility index (Phi) is 7.21. The molecule has 0 atom stereocenters. The molecular formula is C19H23ClN2O6S. The van der Waals surface area contributed by atoms with Crippen molar-refractivity contribution in [3.05, 3.63) is 40.9 Å². The average Bonchev–Trinajstić information content (AvgIpc) is 2.67.